The van der Waals surface area contributed by atoms with Crippen LogP contribution in [0.3, 0.4) is 0 Å². The molecule has 0 aliphatic carbocycles. The molecule has 0 unspecified atom stereocenters. The van der Waals surface area contributed by atoms with Crippen LogP contribution in [-0.2, 0) is 14.8 Å². The Morgan fingerprint density at radius 3 is 2.37 bits per heavy atom. The summed E-state index contributed by atoms with van der Waals surface area (Å²) < 4.78 is 32.8. The Hall–Kier alpha value is -1.48. The number of piperidine rings is 1. The summed E-state index contributed by atoms with van der Waals surface area (Å²) in [6, 6.07) is 6.24. The third-order valence-corrected chi connectivity index (χ3v) is 6.78. The van der Waals surface area contributed by atoms with Crippen molar-refractivity contribution in [1.82, 2.24) is 14.5 Å². The van der Waals surface area contributed by atoms with Gasteiger partial charge in [0.15, 0.2) is 0 Å². The number of amides is 1. The summed E-state index contributed by atoms with van der Waals surface area (Å²) in [5.41, 5.74) is 0.539. The smallest absolute Gasteiger partial charge is 0.253 e. The van der Waals surface area contributed by atoms with Crippen molar-refractivity contribution in [2.75, 3.05) is 52.5 Å². The third-order valence-electron chi connectivity index (χ3n) is 5.31. The first-order chi connectivity index (χ1) is 13.0. The van der Waals surface area contributed by atoms with E-state index in [9.17, 15) is 13.2 Å². The first kappa shape index (κ1) is 20.3. The summed E-state index contributed by atoms with van der Waals surface area (Å²) in [4.78, 5) is 16.8. The minimum absolute atomic E-state index is 0.0221. The molecule has 0 bridgehead atoms. The zero-order valence-corrected chi connectivity index (χ0v) is 16.7. The van der Waals surface area contributed by atoms with Gasteiger partial charge in [0, 0.05) is 44.8 Å². The summed E-state index contributed by atoms with van der Waals surface area (Å²) in [6.07, 6.45) is 2.04. The number of hydrogen-bond acceptors (Lipinski definition) is 5. The average molecular weight is 396 g/mol. The summed E-state index contributed by atoms with van der Waals surface area (Å²) in [5.74, 6) is 0.635. The van der Waals surface area contributed by atoms with Gasteiger partial charge in [-0.2, -0.15) is 0 Å². The highest BCUT2D eigenvalue weighted by Crippen LogP contribution is 2.19. The Morgan fingerprint density at radius 1 is 1.11 bits per heavy atom. The zero-order chi connectivity index (χ0) is 19.3. The van der Waals surface area contributed by atoms with Crippen molar-refractivity contribution in [2.45, 2.75) is 24.7 Å². The molecule has 27 heavy (non-hydrogen) atoms. The number of rotatable bonds is 6. The van der Waals surface area contributed by atoms with Crippen LogP contribution in [0.2, 0.25) is 0 Å². The lowest BCUT2D eigenvalue weighted by Gasteiger charge is -2.30. The second kappa shape index (κ2) is 9.14. The lowest BCUT2D eigenvalue weighted by molar-refractivity contribution is 0.0390. The molecule has 150 valence electrons. The maximum absolute atomic E-state index is 12.6. The van der Waals surface area contributed by atoms with E-state index < -0.39 is 10.0 Å². The topological polar surface area (TPSA) is 79.0 Å². The van der Waals surface area contributed by atoms with E-state index in [2.05, 4.69) is 16.5 Å². The standard InChI is InChI=1S/C19H29N3O4S/c1-16-6-9-22(10-7-16)19(23)17-2-4-18(5-3-17)27(24,25)20-8-11-21-12-14-26-15-13-21/h2-5,16,20H,6-15H2,1H3. The van der Waals surface area contributed by atoms with Gasteiger partial charge in [-0.15, -0.1) is 0 Å². The Balaban J connectivity index is 1.54. The van der Waals surface area contributed by atoms with Crippen molar-refractivity contribution in [3.63, 3.8) is 0 Å². The molecule has 0 atom stereocenters. The number of carbonyl (C=O) groups is 1. The highest BCUT2D eigenvalue weighted by Gasteiger charge is 2.22. The van der Waals surface area contributed by atoms with Crippen molar-refractivity contribution in [3.8, 4) is 0 Å². The predicted octanol–water partition coefficient (Wildman–Crippen LogP) is 1.17. The molecule has 2 aliphatic rings. The first-order valence-electron chi connectivity index (χ1n) is 9.65. The Bertz CT molecular complexity index is 722. The van der Waals surface area contributed by atoms with E-state index in [-0.39, 0.29) is 10.8 Å². The maximum Gasteiger partial charge on any atom is 0.253 e. The molecule has 2 heterocycles. The van der Waals surface area contributed by atoms with E-state index in [1.165, 1.54) is 12.1 Å². The molecule has 3 rings (SSSR count). The van der Waals surface area contributed by atoms with E-state index in [0.717, 1.165) is 39.0 Å². The number of carbonyl (C=O) groups excluding carboxylic acids is 1. The van der Waals surface area contributed by atoms with Crippen LogP contribution in [-0.4, -0.2) is 76.6 Å². The summed E-state index contributed by atoms with van der Waals surface area (Å²) in [7, 11) is -3.57. The van der Waals surface area contributed by atoms with Gasteiger partial charge >= 0.3 is 0 Å². The van der Waals surface area contributed by atoms with Crippen molar-refractivity contribution < 1.29 is 17.9 Å². The molecular weight excluding hydrogens is 366 g/mol. The quantitative estimate of drug-likeness (QED) is 0.782. The summed E-state index contributed by atoms with van der Waals surface area (Å²) >= 11 is 0. The van der Waals surface area contributed by atoms with Gasteiger partial charge in [-0.25, -0.2) is 13.1 Å². The van der Waals surface area contributed by atoms with Crippen LogP contribution in [0.5, 0.6) is 0 Å². The van der Waals surface area contributed by atoms with Crippen molar-refractivity contribution in [1.29, 1.82) is 0 Å². The monoisotopic (exact) mass is 395 g/mol. The van der Waals surface area contributed by atoms with Crippen LogP contribution in [0.4, 0.5) is 0 Å². The van der Waals surface area contributed by atoms with Crippen LogP contribution in [0.1, 0.15) is 30.1 Å². The van der Waals surface area contributed by atoms with Crippen LogP contribution >= 0.6 is 0 Å². The normalized spacial score (nSPS) is 20.0. The summed E-state index contributed by atoms with van der Waals surface area (Å²) in [5, 5.41) is 0. The fourth-order valence-corrected chi connectivity index (χ4v) is 4.44. The van der Waals surface area contributed by atoms with Crippen molar-refractivity contribution in [2.24, 2.45) is 5.92 Å². The minimum Gasteiger partial charge on any atom is -0.379 e. The highest BCUT2D eigenvalue weighted by atomic mass is 32.2. The molecule has 1 N–H and O–H groups in total. The molecule has 1 aromatic rings. The number of ether oxygens (including phenoxy) is 1. The highest BCUT2D eigenvalue weighted by molar-refractivity contribution is 7.89. The lowest BCUT2D eigenvalue weighted by atomic mass is 9.98. The number of likely N-dealkylation sites (tertiary alicyclic amines) is 1. The van der Waals surface area contributed by atoms with Crippen LogP contribution in [0.25, 0.3) is 0 Å². The molecule has 1 amide bonds. The largest absolute Gasteiger partial charge is 0.379 e. The second-order valence-corrected chi connectivity index (χ2v) is 9.12. The van der Waals surface area contributed by atoms with E-state index in [0.29, 0.717) is 37.8 Å². The molecule has 2 saturated heterocycles. The van der Waals surface area contributed by atoms with Gasteiger partial charge in [0.1, 0.15) is 0 Å². The maximum atomic E-state index is 12.6. The molecule has 8 heteroatoms. The number of sulfonamides is 1. The lowest BCUT2D eigenvalue weighted by Crippen LogP contribution is -2.41. The van der Waals surface area contributed by atoms with Gasteiger partial charge in [0.25, 0.3) is 5.91 Å². The van der Waals surface area contributed by atoms with Gasteiger partial charge in [0.2, 0.25) is 10.0 Å². The minimum atomic E-state index is -3.57. The molecule has 2 fully saturated rings. The SMILES string of the molecule is CC1CCN(C(=O)c2ccc(S(=O)(=O)NCCN3CCOCC3)cc2)CC1. The van der Waals surface area contributed by atoms with Gasteiger partial charge in [-0.05, 0) is 43.0 Å². The van der Waals surface area contributed by atoms with Gasteiger partial charge < -0.3 is 9.64 Å². The fourth-order valence-electron chi connectivity index (χ4n) is 3.42. The second-order valence-electron chi connectivity index (χ2n) is 7.35. The van der Waals surface area contributed by atoms with Crippen LogP contribution < -0.4 is 4.72 Å². The van der Waals surface area contributed by atoms with E-state index in [1.54, 1.807) is 12.1 Å². The molecule has 7 nitrogen and oxygen atoms in total. The third kappa shape index (κ3) is 5.51. The van der Waals surface area contributed by atoms with E-state index >= 15 is 0 Å². The van der Waals surface area contributed by atoms with Crippen LogP contribution in [0, 0.1) is 5.92 Å². The molecule has 1 aromatic carbocycles. The number of hydrogen-bond donors (Lipinski definition) is 1. The van der Waals surface area contributed by atoms with E-state index in [4.69, 9.17) is 4.74 Å². The van der Waals surface area contributed by atoms with Crippen LogP contribution in [0.15, 0.2) is 29.2 Å². The van der Waals surface area contributed by atoms with Gasteiger partial charge in [0.05, 0.1) is 18.1 Å². The molecule has 0 spiro atoms. The molecule has 0 radical (unpaired) electrons. The van der Waals surface area contributed by atoms with Gasteiger partial charge in [-0.1, -0.05) is 6.92 Å². The number of nitrogens with zero attached hydrogens (tertiary/aromatic N) is 2. The Kier molecular flexibility index (Phi) is 6.86. The zero-order valence-electron chi connectivity index (χ0n) is 15.9. The van der Waals surface area contributed by atoms with E-state index in [1.807, 2.05) is 4.90 Å². The molecular formula is C19H29N3O4S. The predicted molar refractivity (Wildman–Crippen MR) is 103 cm³/mol. The first-order valence-corrected chi connectivity index (χ1v) is 11.1. The fraction of sp³-hybridized carbons (Fsp3) is 0.632. The molecule has 0 saturated carbocycles. The van der Waals surface area contributed by atoms with Crippen molar-refractivity contribution in [3.05, 3.63) is 29.8 Å². The number of nitrogens with one attached hydrogen (secondary N) is 1. The number of benzene rings is 1. The Morgan fingerprint density at radius 2 is 1.74 bits per heavy atom. The Labute approximate surface area is 161 Å². The molecule has 2 aliphatic heterocycles. The summed E-state index contributed by atoms with van der Waals surface area (Å²) in [6.45, 7) is 7.79. The average Bonchev–Trinajstić information content (AvgIpc) is 2.69. The van der Waals surface area contributed by atoms with Gasteiger partial charge in [-0.3, -0.25) is 9.69 Å². The number of morpholine rings is 1. The van der Waals surface area contributed by atoms with Crippen molar-refractivity contribution >= 4 is 15.9 Å². The molecule has 0 aromatic heterocycles.